The zero-order valence-electron chi connectivity index (χ0n) is 29.9. The molecule has 0 aliphatic rings. The van der Waals surface area contributed by atoms with Crippen LogP contribution in [-0.2, 0) is 4.74 Å². The first-order valence-corrected chi connectivity index (χ1v) is 19.1. The van der Waals surface area contributed by atoms with Gasteiger partial charge in [0.25, 0.3) is 0 Å². The highest BCUT2D eigenvalue weighted by Crippen LogP contribution is 2.44. The molecule has 0 aliphatic carbocycles. The molecule has 0 radical (unpaired) electrons. The van der Waals surface area contributed by atoms with Gasteiger partial charge < -0.3 is 25.2 Å². The van der Waals surface area contributed by atoms with E-state index in [0.29, 0.717) is 37.5 Å². The number of ether oxygens (including phenoxy) is 1. The molecule has 6 atom stereocenters. The van der Waals surface area contributed by atoms with E-state index in [9.17, 15) is 20.4 Å². The Morgan fingerprint density at radius 1 is 0.465 bits per heavy atom. The lowest BCUT2D eigenvalue weighted by Crippen LogP contribution is -2.59. The molecule has 260 valence electrons. The summed E-state index contributed by atoms with van der Waals surface area (Å²) in [6, 6.07) is 0. The van der Waals surface area contributed by atoms with Gasteiger partial charge in [-0.1, -0.05) is 170 Å². The molecule has 0 aromatic carbocycles. The summed E-state index contributed by atoms with van der Waals surface area (Å²) < 4.78 is 7.39. The van der Waals surface area contributed by atoms with Gasteiger partial charge in [0.2, 0.25) is 0 Å². The average Bonchev–Trinajstić information content (AvgIpc) is 3.03. The SMILES string of the molecule is CCCCCCCCC(CC(CC)CCCC)(OC(CCCCCCCC)(CC(CC)CCCC)C(O)CO)C(O)CO. The molecule has 0 aromatic heterocycles. The van der Waals surface area contributed by atoms with Crippen molar-refractivity contribution in [1.29, 1.82) is 0 Å². The van der Waals surface area contributed by atoms with Crippen LogP contribution >= 0.6 is 0 Å². The maximum atomic E-state index is 11.7. The largest absolute Gasteiger partial charge is 0.394 e. The predicted molar refractivity (Wildman–Crippen MR) is 185 cm³/mol. The molecule has 5 nitrogen and oxygen atoms in total. The van der Waals surface area contributed by atoms with Crippen molar-refractivity contribution in [3.63, 3.8) is 0 Å². The fourth-order valence-electron chi connectivity index (χ4n) is 7.14. The molecule has 0 bridgehead atoms. The molecule has 0 saturated heterocycles. The third kappa shape index (κ3) is 17.3. The summed E-state index contributed by atoms with van der Waals surface area (Å²) in [5.41, 5.74) is -1.90. The highest BCUT2D eigenvalue weighted by molar-refractivity contribution is 4.99. The molecule has 0 aliphatic heterocycles. The highest BCUT2D eigenvalue weighted by atomic mass is 16.6. The minimum atomic E-state index is -1.02. The summed E-state index contributed by atoms with van der Waals surface area (Å²) in [7, 11) is 0. The lowest BCUT2D eigenvalue weighted by molar-refractivity contribution is -0.260. The standard InChI is InChI=1S/C38H78O5/c1-7-13-17-19-21-23-27-37(35(41)31-39,29-33(11-5)25-15-9-3)43-38(36(42)32-40,28-24-22-20-18-14-8-2)30-34(12-6)26-16-10-4/h33-36,39-42H,7-32H2,1-6H3. The highest BCUT2D eigenvalue weighted by Gasteiger charge is 2.50. The van der Waals surface area contributed by atoms with Crippen molar-refractivity contribution >= 4 is 0 Å². The van der Waals surface area contributed by atoms with Gasteiger partial charge in [0.05, 0.1) is 24.4 Å². The maximum Gasteiger partial charge on any atom is 0.106 e. The van der Waals surface area contributed by atoms with Crippen molar-refractivity contribution < 1.29 is 25.2 Å². The Kier molecular flexibility index (Phi) is 26.8. The van der Waals surface area contributed by atoms with Crippen LogP contribution in [0.3, 0.4) is 0 Å². The average molecular weight is 615 g/mol. The minimum Gasteiger partial charge on any atom is -0.394 e. The van der Waals surface area contributed by atoms with E-state index in [1.165, 1.54) is 51.4 Å². The maximum absolute atomic E-state index is 11.7. The van der Waals surface area contributed by atoms with E-state index in [1.807, 2.05) is 0 Å². The van der Waals surface area contributed by atoms with Gasteiger partial charge in [-0.3, -0.25) is 0 Å². The van der Waals surface area contributed by atoms with E-state index in [2.05, 4.69) is 41.5 Å². The van der Waals surface area contributed by atoms with Gasteiger partial charge in [0.1, 0.15) is 12.2 Å². The molecule has 0 amide bonds. The molecule has 0 rings (SSSR count). The van der Waals surface area contributed by atoms with Crippen LogP contribution < -0.4 is 0 Å². The zero-order chi connectivity index (χ0) is 32.4. The first kappa shape index (κ1) is 42.8. The number of rotatable bonds is 32. The molecule has 0 spiro atoms. The Morgan fingerprint density at radius 2 is 0.791 bits per heavy atom. The molecular formula is C38H78O5. The molecule has 0 heterocycles. The Morgan fingerprint density at radius 3 is 1.09 bits per heavy atom. The molecule has 0 saturated carbocycles. The Bertz CT molecular complexity index is 551. The molecule has 4 N–H and O–H groups in total. The van der Waals surface area contributed by atoms with Crippen LogP contribution in [0.15, 0.2) is 0 Å². The van der Waals surface area contributed by atoms with Crippen molar-refractivity contribution in [2.75, 3.05) is 13.2 Å². The van der Waals surface area contributed by atoms with Gasteiger partial charge in [0, 0.05) is 0 Å². The van der Waals surface area contributed by atoms with Crippen LogP contribution in [0.25, 0.3) is 0 Å². The summed E-state index contributed by atoms with van der Waals surface area (Å²) in [5.74, 6) is 0.752. The van der Waals surface area contributed by atoms with Crippen molar-refractivity contribution in [3.8, 4) is 0 Å². The molecule has 0 aromatic rings. The van der Waals surface area contributed by atoms with Crippen molar-refractivity contribution in [2.24, 2.45) is 11.8 Å². The molecule has 43 heavy (non-hydrogen) atoms. The van der Waals surface area contributed by atoms with Crippen LogP contribution in [0, 0.1) is 11.8 Å². The number of hydrogen-bond donors (Lipinski definition) is 4. The summed E-state index contributed by atoms with van der Waals surface area (Å²) in [5, 5.41) is 44.4. The smallest absolute Gasteiger partial charge is 0.106 e. The second-order valence-corrected chi connectivity index (χ2v) is 13.9. The molecular weight excluding hydrogens is 536 g/mol. The molecule has 0 fully saturated rings. The van der Waals surface area contributed by atoms with Gasteiger partial charge >= 0.3 is 0 Å². The lowest BCUT2D eigenvalue weighted by Gasteiger charge is -2.50. The summed E-state index contributed by atoms with van der Waals surface area (Å²) in [6.45, 7) is 12.7. The Balaban J connectivity index is 6.63. The Labute approximate surface area is 269 Å². The van der Waals surface area contributed by atoms with Crippen LogP contribution in [0.5, 0.6) is 0 Å². The van der Waals surface area contributed by atoms with Crippen molar-refractivity contribution in [2.45, 2.75) is 219 Å². The first-order chi connectivity index (χ1) is 20.8. The molecule has 5 heteroatoms. The number of aliphatic hydroxyl groups excluding tert-OH is 4. The minimum absolute atomic E-state index is 0.352. The molecule has 6 unspecified atom stereocenters. The third-order valence-electron chi connectivity index (χ3n) is 10.2. The lowest BCUT2D eigenvalue weighted by atomic mass is 9.75. The second-order valence-electron chi connectivity index (χ2n) is 13.9. The van der Waals surface area contributed by atoms with Gasteiger partial charge in [-0.15, -0.1) is 0 Å². The van der Waals surface area contributed by atoms with E-state index in [1.54, 1.807) is 0 Å². The van der Waals surface area contributed by atoms with E-state index in [-0.39, 0.29) is 13.2 Å². The van der Waals surface area contributed by atoms with Gasteiger partial charge in [-0.2, -0.15) is 0 Å². The zero-order valence-corrected chi connectivity index (χ0v) is 29.9. The van der Waals surface area contributed by atoms with E-state index < -0.39 is 23.4 Å². The monoisotopic (exact) mass is 615 g/mol. The summed E-state index contributed by atoms with van der Waals surface area (Å²) in [4.78, 5) is 0. The van der Waals surface area contributed by atoms with Gasteiger partial charge in [-0.05, 0) is 37.5 Å². The normalized spacial score (nSPS) is 17.7. The van der Waals surface area contributed by atoms with Crippen LogP contribution in [0.2, 0.25) is 0 Å². The predicted octanol–water partition coefficient (Wildman–Crippen LogP) is 9.90. The van der Waals surface area contributed by atoms with Crippen LogP contribution in [0.4, 0.5) is 0 Å². The quantitative estimate of drug-likeness (QED) is 0.0566. The van der Waals surface area contributed by atoms with Crippen LogP contribution in [-0.4, -0.2) is 57.0 Å². The van der Waals surface area contributed by atoms with E-state index >= 15 is 0 Å². The van der Waals surface area contributed by atoms with E-state index in [0.717, 1.165) is 77.0 Å². The number of unbranched alkanes of at least 4 members (excludes halogenated alkanes) is 12. The fourth-order valence-corrected chi connectivity index (χ4v) is 7.14. The van der Waals surface area contributed by atoms with Crippen LogP contribution in [0.1, 0.15) is 196 Å². The van der Waals surface area contributed by atoms with E-state index in [4.69, 9.17) is 4.74 Å². The summed E-state index contributed by atoms with van der Waals surface area (Å²) in [6.07, 6.45) is 23.1. The third-order valence-corrected chi connectivity index (χ3v) is 10.2. The van der Waals surface area contributed by atoms with Gasteiger partial charge in [-0.25, -0.2) is 0 Å². The fraction of sp³-hybridized carbons (Fsp3) is 1.00. The number of hydrogen-bond acceptors (Lipinski definition) is 5. The first-order valence-electron chi connectivity index (χ1n) is 19.1. The summed E-state index contributed by atoms with van der Waals surface area (Å²) >= 11 is 0. The Hall–Kier alpha value is -0.200. The van der Waals surface area contributed by atoms with Crippen molar-refractivity contribution in [3.05, 3.63) is 0 Å². The van der Waals surface area contributed by atoms with Gasteiger partial charge in [0.15, 0.2) is 0 Å². The topological polar surface area (TPSA) is 90.2 Å². The second kappa shape index (κ2) is 27.0. The number of aliphatic hydroxyl groups is 4. The van der Waals surface area contributed by atoms with Crippen molar-refractivity contribution in [1.82, 2.24) is 0 Å².